The van der Waals surface area contributed by atoms with Gasteiger partial charge in [-0.2, -0.15) is 0 Å². The maximum Gasteiger partial charge on any atom is 0.410 e. The highest BCUT2D eigenvalue weighted by Gasteiger charge is 2.20. The van der Waals surface area contributed by atoms with Crippen molar-refractivity contribution in [1.82, 2.24) is 5.32 Å². The van der Waals surface area contributed by atoms with E-state index >= 15 is 0 Å². The van der Waals surface area contributed by atoms with Crippen molar-refractivity contribution in [3.63, 3.8) is 0 Å². The van der Waals surface area contributed by atoms with Crippen LogP contribution in [0.4, 0.5) is 4.79 Å². The molecule has 0 bridgehead atoms. The van der Waals surface area contributed by atoms with Gasteiger partial charge < -0.3 is 19.9 Å². The summed E-state index contributed by atoms with van der Waals surface area (Å²) in [5.74, 6) is -2.41. The van der Waals surface area contributed by atoms with E-state index in [0.717, 1.165) is 10.0 Å². The number of halogens is 1. The SMILES string of the molecule is CC(=O)O[C@H](C)OC(=O)NC[C@H](Cc1cccc(Br)c1)C(=O)O. The van der Waals surface area contributed by atoms with Gasteiger partial charge in [-0.15, -0.1) is 0 Å². The van der Waals surface area contributed by atoms with Crippen LogP contribution < -0.4 is 5.32 Å². The zero-order chi connectivity index (χ0) is 17.4. The Morgan fingerprint density at radius 3 is 2.57 bits per heavy atom. The number of nitrogens with one attached hydrogen (secondary N) is 1. The van der Waals surface area contributed by atoms with Crippen molar-refractivity contribution < 1.29 is 29.0 Å². The molecule has 1 aromatic rings. The average Bonchev–Trinajstić information content (AvgIpc) is 2.42. The highest BCUT2D eigenvalue weighted by molar-refractivity contribution is 9.10. The lowest BCUT2D eigenvalue weighted by molar-refractivity contribution is -0.162. The molecular formula is C15H18BrNO6. The van der Waals surface area contributed by atoms with Gasteiger partial charge in [0.2, 0.25) is 6.29 Å². The van der Waals surface area contributed by atoms with Crippen molar-refractivity contribution in [3.05, 3.63) is 34.3 Å². The number of hydrogen-bond acceptors (Lipinski definition) is 5. The molecule has 0 aromatic heterocycles. The van der Waals surface area contributed by atoms with Crippen molar-refractivity contribution in [3.8, 4) is 0 Å². The van der Waals surface area contributed by atoms with Crippen molar-refractivity contribution in [2.75, 3.05) is 6.54 Å². The molecule has 0 aliphatic heterocycles. The summed E-state index contributed by atoms with van der Waals surface area (Å²) in [5, 5.41) is 11.6. The smallest absolute Gasteiger partial charge is 0.410 e. The number of carboxylic acid groups (broad SMARTS) is 1. The third-order valence-corrected chi connectivity index (χ3v) is 3.31. The minimum atomic E-state index is -1.04. The van der Waals surface area contributed by atoms with Crippen LogP contribution in [-0.2, 0) is 25.5 Å². The summed E-state index contributed by atoms with van der Waals surface area (Å²) < 4.78 is 10.3. The molecule has 0 unspecified atom stereocenters. The molecule has 0 heterocycles. The highest BCUT2D eigenvalue weighted by atomic mass is 79.9. The van der Waals surface area contributed by atoms with Crippen LogP contribution in [-0.4, -0.2) is 36.0 Å². The number of rotatable bonds is 7. The van der Waals surface area contributed by atoms with Gasteiger partial charge in [0, 0.05) is 24.9 Å². The normalized spacial score (nSPS) is 12.8. The van der Waals surface area contributed by atoms with E-state index in [1.165, 1.54) is 13.8 Å². The summed E-state index contributed by atoms with van der Waals surface area (Å²) in [5.41, 5.74) is 0.829. The third kappa shape index (κ3) is 7.64. The zero-order valence-electron chi connectivity index (χ0n) is 12.7. The molecule has 7 nitrogen and oxygen atoms in total. The van der Waals surface area contributed by atoms with Gasteiger partial charge in [0.15, 0.2) is 0 Å². The van der Waals surface area contributed by atoms with Gasteiger partial charge in [-0.3, -0.25) is 9.59 Å². The molecule has 0 fully saturated rings. The summed E-state index contributed by atoms with van der Waals surface area (Å²) in [7, 11) is 0. The number of amides is 1. The minimum Gasteiger partial charge on any atom is -0.481 e. The Morgan fingerprint density at radius 1 is 1.30 bits per heavy atom. The standard InChI is InChI=1S/C15H18BrNO6/c1-9(18)22-10(2)23-15(21)17-8-12(14(19)20)6-11-4-3-5-13(16)7-11/h3-5,7,10,12H,6,8H2,1-2H3,(H,17,21)(H,19,20)/t10-,12-/m0/s1. The summed E-state index contributed by atoms with van der Waals surface area (Å²) in [6, 6.07) is 7.27. The molecule has 0 aliphatic rings. The summed E-state index contributed by atoms with van der Waals surface area (Å²) in [6.07, 6.45) is -1.63. The molecule has 8 heteroatoms. The maximum absolute atomic E-state index is 11.5. The first-order valence-corrected chi connectivity index (χ1v) is 7.66. The molecule has 1 aromatic carbocycles. The van der Waals surface area contributed by atoms with Crippen LogP contribution in [0.3, 0.4) is 0 Å². The number of carbonyl (C=O) groups excluding carboxylic acids is 2. The van der Waals surface area contributed by atoms with E-state index in [1.807, 2.05) is 18.2 Å². The number of aliphatic carboxylic acids is 1. The number of carbonyl (C=O) groups is 3. The fourth-order valence-corrected chi connectivity index (χ4v) is 2.30. The largest absolute Gasteiger partial charge is 0.481 e. The minimum absolute atomic E-state index is 0.104. The topological polar surface area (TPSA) is 102 Å². The fraction of sp³-hybridized carbons (Fsp3) is 0.400. The van der Waals surface area contributed by atoms with E-state index in [1.54, 1.807) is 6.07 Å². The Bertz CT molecular complexity index is 577. The van der Waals surface area contributed by atoms with E-state index in [2.05, 4.69) is 26.0 Å². The summed E-state index contributed by atoms with van der Waals surface area (Å²) in [4.78, 5) is 33.5. The van der Waals surface area contributed by atoms with E-state index in [0.29, 0.717) is 0 Å². The molecule has 2 N–H and O–H groups in total. The van der Waals surface area contributed by atoms with Crippen LogP contribution in [0, 0.1) is 5.92 Å². The second-order valence-corrected chi connectivity index (χ2v) is 5.75. The van der Waals surface area contributed by atoms with Gasteiger partial charge in [0.05, 0.1) is 5.92 Å². The van der Waals surface area contributed by atoms with Gasteiger partial charge in [-0.05, 0) is 24.1 Å². The van der Waals surface area contributed by atoms with Crippen LogP contribution in [0.5, 0.6) is 0 Å². The lowest BCUT2D eigenvalue weighted by Gasteiger charge is -2.16. The van der Waals surface area contributed by atoms with Crippen molar-refractivity contribution in [2.24, 2.45) is 5.92 Å². The summed E-state index contributed by atoms with van der Waals surface area (Å²) >= 11 is 3.32. The molecule has 0 saturated carbocycles. The summed E-state index contributed by atoms with van der Waals surface area (Å²) in [6.45, 7) is 2.47. The number of carboxylic acids is 1. The first-order chi connectivity index (χ1) is 10.8. The molecule has 0 spiro atoms. The lowest BCUT2D eigenvalue weighted by Crippen LogP contribution is -2.36. The second-order valence-electron chi connectivity index (χ2n) is 4.83. The van der Waals surface area contributed by atoms with Crippen LogP contribution in [0.15, 0.2) is 28.7 Å². The van der Waals surface area contributed by atoms with Crippen LogP contribution >= 0.6 is 15.9 Å². The Balaban J connectivity index is 2.52. The number of hydrogen-bond donors (Lipinski definition) is 2. The fourth-order valence-electron chi connectivity index (χ4n) is 1.85. The van der Waals surface area contributed by atoms with Crippen LogP contribution in [0.1, 0.15) is 19.4 Å². The van der Waals surface area contributed by atoms with Crippen molar-refractivity contribution >= 4 is 34.0 Å². The third-order valence-electron chi connectivity index (χ3n) is 2.82. The molecule has 1 rings (SSSR count). The second kappa shape index (κ2) is 9.14. The van der Waals surface area contributed by atoms with E-state index < -0.39 is 30.2 Å². The van der Waals surface area contributed by atoms with Gasteiger partial charge in [-0.1, -0.05) is 28.1 Å². The molecule has 126 valence electrons. The van der Waals surface area contributed by atoms with E-state index in [-0.39, 0.29) is 13.0 Å². The Kier molecular flexibility index (Phi) is 7.53. The predicted octanol–water partition coefficient (Wildman–Crippen LogP) is 2.33. The Morgan fingerprint density at radius 2 is 2.00 bits per heavy atom. The molecule has 23 heavy (non-hydrogen) atoms. The Labute approximate surface area is 142 Å². The van der Waals surface area contributed by atoms with E-state index in [4.69, 9.17) is 4.74 Å². The quantitative estimate of drug-likeness (QED) is 0.549. The number of ether oxygens (including phenoxy) is 2. The number of benzene rings is 1. The molecule has 0 radical (unpaired) electrons. The Hall–Kier alpha value is -2.09. The maximum atomic E-state index is 11.5. The number of esters is 1. The van der Waals surface area contributed by atoms with Gasteiger partial charge in [0.25, 0.3) is 0 Å². The van der Waals surface area contributed by atoms with Crippen molar-refractivity contribution in [1.29, 1.82) is 0 Å². The van der Waals surface area contributed by atoms with Gasteiger partial charge >= 0.3 is 18.0 Å². The molecule has 0 aliphatic carbocycles. The molecule has 0 saturated heterocycles. The predicted molar refractivity (Wildman–Crippen MR) is 84.7 cm³/mol. The van der Waals surface area contributed by atoms with Gasteiger partial charge in [-0.25, -0.2) is 4.79 Å². The average molecular weight is 388 g/mol. The monoisotopic (exact) mass is 387 g/mol. The molecule has 2 atom stereocenters. The van der Waals surface area contributed by atoms with Crippen molar-refractivity contribution in [2.45, 2.75) is 26.6 Å². The first kappa shape index (κ1) is 19.0. The van der Waals surface area contributed by atoms with E-state index in [9.17, 15) is 19.5 Å². The number of alkyl carbamates (subject to hydrolysis) is 1. The van der Waals surface area contributed by atoms with Crippen LogP contribution in [0.25, 0.3) is 0 Å². The van der Waals surface area contributed by atoms with Gasteiger partial charge in [0.1, 0.15) is 0 Å². The highest BCUT2D eigenvalue weighted by Crippen LogP contribution is 2.15. The first-order valence-electron chi connectivity index (χ1n) is 6.87. The molecular weight excluding hydrogens is 370 g/mol. The zero-order valence-corrected chi connectivity index (χ0v) is 14.3. The molecule has 1 amide bonds. The lowest BCUT2D eigenvalue weighted by atomic mass is 9.99. The van der Waals surface area contributed by atoms with Crippen LogP contribution in [0.2, 0.25) is 0 Å².